The number of aromatic carboxylic acids is 1. The molecule has 1 rings (SSSR count). The third-order valence-corrected chi connectivity index (χ3v) is 2.16. The largest absolute Gasteiger partial charge is 0.477 e. The Kier molecular flexibility index (Phi) is 3.11. The van der Waals surface area contributed by atoms with Crippen molar-refractivity contribution < 1.29 is 9.90 Å². The maximum absolute atomic E-state index is 10.9. The normalized spacial score (nSPS) is 12.5. The van der Waals surface area contributed by atoms with Gasteiger partial charge in [0.2, 0.25) is 0 Å². The fourth-order valence-corrected chi connectivity index (χ4v) is 1.13. The fraction of sp³-hybridized carbons (Fsp3) is 0.556. The van der Waals surface area contributed by atoms with Crippen LogP contribution in [0.2, 0.25) is 0 Å². The second kappa shape index (κ2) is 4.13. The summed E-state index contributed by atoms with van der Waals surface area (Å²) in [5, 5.41) is 18.5. The Morgan fingerprint density at radius 1 is 1.71 bits per heavy atom. The van der Waals surface area contributed by atoms with Crippen molar-refractivity contribution in [1.82, 2.24) is 10.2 Å². The molecule has 78 valence electrons. The average Bonchev–Trinajstić information content (AvgIpc) is 2.46. The summed E-state index contributed by atoms with van der Waals surface area (Å²) in [7, 11) is 0. The molecule has 0 aliphatic carbocycles. The van der Waals surface area contributed by atoms with E-state index in [9.17, 15) is 4.79 Å². The molecule has 0 radical (unpaired) electrons. The summed E-state index contributed by atoms with van der Waals surface area (Å²) < 4.78 is 0. The molecule has 0 bridgehead atoms. The summed E-state index contributed by atoms with van der Waals surface area (Å²) in [6, 6.07) is 0.218. The van der Waals surface area contributed by atoms with Gasteiger partial charge in [0.05, 0.1) is 0 Å². The maximum Gasteiger partial charge on any atom is 0.341 e. The standard InChI is InChI=1S/C9H15N3O2/c1-4-5(2)10-8-7(9(13)14)6(3)11-12-8/h5H,4H2,1-3H3,(H,13,14)(H2,10,11,12). The van der Waals surface area contributed by atoms with E-state index >= 15 is 0 Å². The van der Waals surface area contributed by atoms with E-state index in [0.717, 1.165) is 6.42 Å². The molecule has 0 aliphatic rings. The Morgan fingerprint density at radius 3 is 2.86 bits per heavy atom. The quantitative estimate of drug-likeness (QED) is 0.685. The number of carboxylic acids is 1. The molecule has 1 heterocycles. The third kappa shape index (κ3) is 2.04. The van der Waals surface area contributed by atoms with E-state index in [1.165, 1.54) is 0 Å². The number of hydrogen-bond donors (Lipinski definition) is 3. The molecule has 1 aromatic heterocycles. The Morgan fingerprint density at radius 2 is 2.36 bits per heavy atom. The van der Waals surface area contributed by atoms with E-state index in [1.807, 2.05) is 13.8 Å². The summed E-state index contributed by atoms with van der Waals surface area (Å²) in [4.78, 5) is 10.9. The molecule has 0 amide bonds. The molecule has 0 saturated carbocycles. The molecule has 0 spiro atoms. The summed E-state index contributed by atoms with van der Waals surface area (Å²) in [6.45, 7) is 5.70. The van der Waals surface area contributed by atoms with E-state index in [-0.39, 0.29) is 11.6 Å². The number of anilines is 1. The number of aromatic nitrogens is 2. The van der Waals surface area contributed by atoms with E-state index in [1.54, 1.807) is 6.92 Å². The molecular formula is C9H15N3O2. The van der Waals surface area contributed by atoms with Gasteiger partial charge >= 0.3 is 5.97 Å². The minimum absolute atomic E-state index is 0.218. The Bertz CT molecular complexity index is 333. The predicted molar refractivity (Wildman–Crippen MR) is 53.7 cm³/mol. The highest BCUT2D eigenvalue weighted by Gasteiger charge is 2.17. The summed E-state index contributed by atoms with van der Waals surface area (Å²) in [6.07, 6.45) is 0.922. The zero-order valence-electron chi connectivity index (χ0n) is 8.59. The van der Waals surface area contributed by atoms with Crippen LogP contribution >= 0.6 is 0 Å². The highest BCUT2D eigenvalue weighted by Crippen LogP contribution is 2.16. The molecule has 5 nitrogen and oxygen atoms in total. The predicted octanol–water partition coefficient (Wildman–Crippen LogP) is 1.63. The first kappa shape index (κ1) is 10.6. The zero-order valence-corrected chi connectivity index (χ0v) is 8.59. The van der Waals surface area contributed by atoms with Gasteiger partial charge in [-0.05, 0) is 20.3 Å². The number of H-pyrrole nitrogens is 1. The number of hydrogen-bond acceptors (Lipinski definition) is 3. The maximum atomic E-state index is 10.9. The lowest BCUT2D eigenvalue weighted by atomic mass is 10.2. The first-order valence-electron chi connectivity index (χ1n) is 4.61. The zero-order chi connectivity index (χ0) is 10.7. The third-order valence-electron chi connectivity index (χ3n) is 2.16. The summed E-state index contributed by atoms with van der Waals surface area (Å²) in [5.41, 5.74) is 0.800. The molecule has 0 saturated heterocycles. The number of nitrogens with zero attached hydrogens (tertiary/aromatic N) is 1. The van der Waals surface area contributed by atoms with Crippen LogP contribution in [-0.4, -0.2) is 27.3 Å². The second-order valence-corrected chi connectivity index (χ2v) is 3.33. The van der Waals surface area contributed by atoms with Crippen LogP contribution in [0, 0.1) is 6.92 Å². The smallest absolute Gasteiger partial charge is 0.341 e. The van der Waals surface area contributed by atoms with Crippen LogP contribution < -0.4 is 5.32 Å². The Labute approximate surface area is 82.5 Å². The SMILES string of the molecule is CCC(C)Nc1n[nH]c(C)c1C(=O)O. The van der Waals surface area contributed by atoms with Gasteiger partial charge in [0.1, 0.15) is 5.56 Å². The van der Waals surface area contributed by atoms with Crippen molar-refractivity contribution in [3.05, 3.63) is 11.3 Å². The fourth-order valence-electron chi connectivity index (χ4n) is 1.13. The highest BCUT2D eigenvalue weighted by atomic mass is 16.4. The van der Waals surface area contributed by atoms with Gasteiger partial charge in [-0.1, -0.05) is 6.92 Å². The highest BCUT2D eigenvalue weighted by molar-refractivity contribution is 5.94. The van der Waals surface area contributed by atoms with Crippen LogP contribution in [0.4, 0.5) is 5.82 Å². The number of rotatable bonds is 4. The van der Waals surface area contributed by atoms with Crippen LogP contribution in [0.25, 0.3) is 0 Å². The van der Waals surface area contributed by atoms with Crippen molar-refractivity contribution in [3.63, 3.8) is 0 Å². The second-order valence-electron chi connectivity index (χ2n) is 3.33. The number of aromatic amines is 1. The van der Waals surface area contributed by atoms with Crippen molar-refractivity contribution in [3.8, 4) is 0 Å². The van der Waals surface area contributed by atoms with Gasteiger partial charge in [-0.15, -0.1) is 0 Å². The van der Waals surface area contributed by atoms with Crippen molar-refractivity contribution >= 4 is 11.8 Å². The van der Waals surface area contributed by atoms with Crippen molar-refractivity contribution in [2.75, 3.05) is 5.32 Å². The van der Waals surface area contributed by atoms with Crippen LogP contribution in [0.3, 0.4) is 0 Å². The lowest BCUT2D eigenvalue weighted by molar-refractivity contribution is 0.0697. The first-order valence-corrected chi connectivity index (χ1v) is 4.61. The average molecular weight is 197 g/mol. The van der Waals surface area contributed by atoms with Gasteiger partial charge in [0.25, 0.3) is 0 Å². The summed E-state index contributed by atoms with van der Waals surface area (Å²) >= 11 is 0. The molecular weight excluding hydrogens is 182 g/mol. The number of aryl methyl sites for hydroxylation is 1. The van der Waals surface area contributed by atoms with Gasteiger partial charge in [-0.25, -0.2) is 4.79 Å². The van der Waals surface area contributed by atoms with Gasteiger partial charge < -0.3 is 10.4 Å². The molecule has 0 aromatic carbocycles. The number of carboxylic acid groups (broad SMARTS) is 1. The minimum atomic E-state index is -0.956. The number of nitrogens with one attached hydrogen (secondary N) is 2. The monoisotopic (exact) mass is 197 g/mol. The molecule has 3 N–H and O–H groups in total. The first-order chi connectivity index (χ1) is 6.56. The van der Waals surface area contributed by atoms with Crippen LogP contribution in [0.15, 0.2) is 0 Å². The molecule has 5 heteroatoms. The van der Waals surface area contributed by atoms with E-state index in [2.05, 4.69) is 15.5 Å². The van der Waals surface area contributed by atoms with Gasteiger partial charge in [-0.3, -0.25) is 5.10 Å². The van der Waals surface area contributed by atoms with Crippen LogP contribution in [0.1, 0.15) is 36.3 Å². The van der Waals surface area contributed by atoms with Gasteiger partial charge in [-0.2, -0.15) is 5.10 Å². The van der Waals surface area contributed by atoms with Gasteiger partial charge in [0.15, 0.2) is 5.82 Å². The summed E-state index contributed by atoms with van der Waals surface area (Å²) in [5.74, 6) is -0.536. The van der Waals surface area contributed by atoms with Crippen LogP contribution in [0.5, 0.6) is 0 Å². The molecule has 1 unspecified atom stereocenters. The Balaban J connectivity index is 2.92. The molecule has 1 atom stereocenters. The Hall–Kier alpha value is -1.52. The van der Waals surface area contributed by atoms with E-state index in [4.69, 9.17) is 5.11 Å². The van der Waals surface area contributed by atoms with Gasteiger partial charge in [0, 0.05) is 11.7 Å². The number of carbonyl (C=O) groups is 1. The molecule has 14 heavy (non-hydrogen) atoms. The van der Waals surface area contributed by atoms with E-state index < -0.39 is 5.97 Å². The van der Waals surface area contributed by atoms with Crippen molar-refractivity contribution in [1.29, 1.82) is 0 Å². The van der Waals surface area contributed by atoms with Crippen LogP contribution in [-0.2, 0) is 0 Å². The van der Waals surface area contributed by atoms with Crippen molar-refractivity contribution in [2.24, 2.45) is 0 Å². The lowest BCUT2D eigenvalue weighted by Crippen LogP contribution is -2.16. The molecule has 0 fully saturated rings. The van der Waals surface area contributed by atoms with E-state index in [0.29, 0.717) is 11.5 Å². The topological polar surface area (TPSA) is 78.0 Å². The minimum Gasteiger partial charge on any atom is -0.477 e. The van der Waals surface area contributed by atoms with Crippen molar-refractivity contribution in [2.45, 2.75) is 33.2 Å². The molecule has 1 aromatic rings. The lowest BCUT2D eigenvalue weighted by Gasteiger charge is -2.10. The molecule has 0 aliphatic heterocycles.